The molecule has 0 aliphatic rings. The molecule has 4 heteroatoms. The van der Waals surface area contributed by atoms with Crippen LogP contribution in [0.15, 0.2) is 0 Å². The largest absolute Gasteiger partial charge is 0.328 e. The lowest BCUT2D eigenvalue weighted by atomic mass is 10.1. The molecule has 13 heavy (non-hydrogen) atoms. The van der Waals surface area contributed by atoms with Gasteiger partial charge in [-0.05, 0) is 25.7 Å². The maximum Gasteiger partial charge on any atom is 0.150 e. The normalized spacial score (nSPS) is 14.4. The Balaban J connectivity index is 3.64. The van der Waals surface area contributed by atoms with Crippen LogP contribution in [0.4, 0.5) is 0 Å². The molecule has 0 aliphatic carbocycles. The number of hydrogen-bond donors (Lipinski definition) is 1. The fraction of sp³-hybridized carbons (Fsp3) is 1.00. The van der Waals surface area contributed by atoms with Gasteiger partial charge in [0.05, 0.1) is 5.75 Å². The van der Waals surface area contributed by atoms with Crippen LogP contribution in [0.25, 0.3) is 0 Å². The predicted molar refractivity (Wildman–Crippen MR) is 56.4 cm³/mol. The molecule has 0 saturated heterocycles. The van der Waals surface area contributed by atoms with Crippen LogP contribution < -0.4 is 5.73 Å². The van der Waals surface area contributed by atoms with Crippen molar-refractivity contribution in [1.29, 1.82) is 0 Å². The highest BCUT2D eigenvalue weighted by atomic mass is 32.2. The Kier molecular flexibility index (Phi) is 6.33. The summed E-state index contributed by atoms with van der Waals surface area (Å²) in [4.78, 5) is 0. The molecule has 1 unspecified atom stereocenters. The van der Waals surface area contributed by atoms with Crippen molar-refractivity contribution < 1.29 is 8.42 Å². The minimum atomic E-state index is -2.79. The highest BCUT2D eigenvalue weighted by Gasteiger charge is 2.09. The van der Waals surface area contributed by atoms with Crippen molar-refractivity contribution in [3.63, 3.8) is 0 Å². The van der Waals surface area contributed by atoms with Gasteiger partial charge in [-0.25, -0.2) is 8.42 Å². The van der Waals surface area contributed by atoms with Crippen molar-refractivity contribution in [2.75, 3.05) is 11.5 Å². The lowest BCUT2D eigenvalue weighted by Crippen LogP contribution is -2.20. The number of nitrogens with two attached hydrogens (primary N) is 1. The maximum atomic E-state index is 11.3. The first-order valence-electron chi connectivity index (χ1n) is 4.97. The van der Waals surface area contributed by atoms with E-state index >= 15 is 0 Å². The minimum absolute atomic E-state index is 0.164. The van der Waals surface area contributed by atoms with Crippen LogP contribution in [-0.4, -0.2) is 26.0 Å². The van der Waals surface area contributed by atoms with Gasteiger partial charge in [0.1, 0.15) is 9.84 Å². The van der Waals surface area contributed by atoms with E-state index in [0.717, 1.165) is 12.8 Å². The van der Waals surface area contributed by atoms with Crippen LogP contribution in [0.2, 0.25) is 0 Å². The molecule has 80 valence electrons. The Morgan fingerprint density at radius 2 is 1.85 bits per heavy atom. The molecule has 0 rings (SSSR count). The van der Waals surface area contributed by atoms with Gasteiger partial charge in [0.2, 0.25) is 0 Å². The molecule has 0 aliphatic heterocycles. The first kappa shape index (κ1) is 12.9. The SMILES string of the molecule is CCCS(=O)(=O)CCCC(N)CC. The maximum absolute atomic E-state index is 11.3. The Morgan fingerprint density at radius 3 is 2.31 bits per heavy atom. The second kappa shape index (κ2) is 6.38. The zero-order chi connectivity index (χ0) is 10.3. The van der Waals surface area contributed by atoms with Crippen molar-refractivity contribution in [3.05, 3.63) is 0 Å². The van der Waals surface area contributed by atoms with Gasteiger partial charge >= 0.3 is 0 Å². The summed E-state index contributed by atoms with van der Waals surface area (Å²) in [5.74, 6) is 0.614. The average Bonchev–Trinajstić information content (AvgIpc) is 2.03. The van der Waals surface area contributed by atoms with Crippen LogP contribution in [0.1, 0.15) is 39.5 Å². The molecule has 0 radical (unpaired) electrons. The first-order valence-corrected chi connectivity index (χ1v) is 6.80. The average molecular weight is 207 g/mol. The molecule has 0 aromatic carbocycles. The molecule has 3 nitrogen and oxygen atoms in total. The summed E-state index contributed by atoms with van der Waals surface area (Å²) >= 11 is 0. The fourth-order valence-corrected chi connectivity index (χ4v) is 2.62. The first-order chi connectivity index (χ1) is 6.02. The van der Waals surface area contributed by atoms with Gasteiger partial charge < -0.3 is 5.73 Å². The zero-order valence-electron chi connectivity index (χ0n) is 8.62. The number of sulfone groups is 1. The van der Waals surface area contributed by atoms with Gasteiger partial charge in [0.15, 0.2) is 0 Å². The molecule has 0 bridgehead atoms. The summed E-state index contributed by atoms with van der Waals surface area (Å²) in [5, 5.41) is 0. The lowest BCUT2D eigenvalue weighted by molar-refractivity contribution is 0.567. The Hall–Kier alpha value is -0.0900. The van der Waals surface area contributed by atoms with Gasteiger partial charge in [0.25, 0.3) is 0 Å². The molecule has 0 fully saturated rings. The summed E-state index contributed by atoms with van der Waals surface area (Å²) < 4.78 is 22.5. The summed E-state index contributed by atoms with van der Waals surface area (Å²) in [7, 11) is -2.79. The van der Waals surface area contributed by atoms with Crippen LogP contribution in [0.3, 0.4) is 0 Å². The van der Waals surface area contributed by atoms with Crippen LogP contribution in [0.5, 0.6) is 0 Å². The van der Waals surface area contributed by atoms with E-state index in [1.165, 1.54) is 0 Å². The monoisotopic (exact) mass is 207 g/mol. The number of hydrogen-bond acceptors (Lipinski definition) is 3. The van der Waals surface area contributed by atoms with E-state index in [2.05, 4.69) is 0 Å². The van der Waals surface area contributed by atoms with Crippen LogP contribution in [0, 0.1) is 0 Å². The topological polar surface area (TPSA) is 60.2 Å². The van der Waals surface area contributed by atoms with Crippen LogP contribution >= 0.6 is 0 Å². The Bertz CT molecular complexity index is 212. The summed E-state index contributed by atoms with van der Waals surface area (Å²) in [6, 6.07) is 0.164. The second-order valence-electron chi connectivity index (χ2n) is 3.46. The van der Waals surface area contributed by atoms with Gasteiger partial charge in [-0.15, -0.1) is 0 Å². The Morgan fingerprint density at radius 1 is 1.23 bits per heavy atom. The predicted octanol–water partition coefficient (Wildman–Crippen LogP) is 1.33. The van der Waals surface area contributed by atoms with E-state index in [-0.39, 0.29) is 6.04 Å². The van der Waals surface area contributed by atoms with Gasteiger partial charge in [-0.2, -0.15) is 0 Å². The smallest absolute Gasteiger partial charge is 0.150 e. The summed E-state index contributed by atoms with van der Waals surface area (Å²) in [6.45, 7) is 3.90. The molecule has 0 spiro atoms. The van der Waals surface area contributed by atoms with Gasteiger partial charge in [0, 0.05) is 11.8 Å². The summed E-state index contributed by atoms with van der Waals surface area (Å²) in [6.07, 6.45) is 3.16. The van der Waals surface area contributed by atoms with E-state index in [4.69, 9.17) is 5.73 Å². The van der Waals surface area contributed by atoms with Gasteiger partial charge in [-0.1, -0.05) is 13.8 Å². The zero-order valence-corrected chi connectivity index (χ0v) is 9.44. The van der Waals surface area contributed by atoms with E-state index in [0.29, 0.717) is 24.3 Å². The Labute approximate surface area is 81.6 Å². The third kappa shape index (κ3) is 7.02. The molecule has 0 saturated carbocycles. The molecule has 0 aromatic heterocycles. The quantitative estimate of drug-likeness (QED) is 0.685. The standard InChI is InChI=1S/C9H21NO2S/c1-3-7-13(11,12)8-5-6-9(10)4-2/h9H,3-8,10H2,1-2H3. The van der Waals surface area contributed by atoms with Crippen LogP contribution in [-0.2, 0) is 9.84 Å². The molecule has 0 amide bonds. The molecule has 1 atom stereocenters. The van der Waals surface area contributed by atoms with E-state index < -0.39 is 9.84 Å². The third-order valence-corrected chi connectivity index (χ3v) is 4.01. The highest BCUT2D eigenvalue weighted by molar-refractivity contribution is 7.91. The second-order valence-corrected chi connectivity index (χ2v) is 5.77. The van der Waals surface area contributed by atoms with Crippen molar-refractivity contribution in [2.45, 2.75) is 45.6 Å². The molecular weight excluding hydrogens is 186 g/mol. The third-order valence-electron chi connectivity index (χ3n) is 2.07. The van der Waals surface area contributed by atoms with E-state index in [1.54, 1.807) is 0 Å². The van der Waals surface area contributed by atoms with Crippen molar-refractivity contribution in [3.8, 4) is 0 Å². The molecular formula is C9H21NO2S. The lowest BCUT2D eigenvalue weighted by Gasteiger charge is -2.07. The summed E-state index contributed by atoms with van der Waals surface area (Å²) in [5.41, 5.74) is 5.68. The highest BCUT2D eigenvalue weighted by Crippen LogP contribution is 2.03. The van der Waals surface area contributed by atoms with E-state index in [9.17, 15) is 8.42 Å². The molecule has 2 N–H and O–H groups in total. The molecule has 0 heterocycles. The minimum Gasteiger partial charge on any atom is -0.328 e. The van der Waals surface area contributed by atoms with Gasteiger partial charge in [-0.3, -0.25) is 0 Å². The van der Waals surface area contributed by atoms with Crippen molar-refractivity contribution in [1.82, 2.24) is 0 Å². The fourth-order valence-electron chi connectivity index (χ4n) is 1.18. The van der Waals surface area contributed by atoms with Crippen molar-refractivity contribution in [2.24, 2.45) is 5.73 Å². The number of rotatable bonds is 7. The van der Waals surface area contributed by atoms with E-state index in [1.807, 2.05) is 13.8 Å². The molecule has 0 aromatic rings. The van der Waals surface area contributed by atoms with Crippen molar-refractivity contribution >= 4 is 9.84 Å².